The van der Waals surface area contributed by atoms with E-state index < -0.39 is 0 Å². The summed E-state index contributed by atoms with van der Waals surface area (Å²) in [5, 5.41) is 9.52. The van der Waals surface area contributed by atoms with Gasteiger partial charge in [0.05, 0.1) is 12.7 Å². The Morgan fingerprint density at radius 2 is 0.938 bits per heavy atom. The molecule has 1 unspecified atom stereocenters. The SMILES string of the molecule is CCCCCCCC(COC(=O)CCCCCCCN(CCO)CCCCCCCC(=O)OC(CCCCCC)CCCCCC)OC. The van der Waals surface area contributed by atoms with Crippen LogP contribution < -0.4 is 0 Å². The molecule has 1 atom stereocenters. The third-order valence-corrected chi connectivity index (χ3v) is 9.58. The molecule has 0 aliphatic heterocycles. The van der Waals surface area contributed by atoms with Crippen molar-refractivity contribution in [3.8, 4) is 0 Å². The fraction of sp³-hybridized carbons (Fsp3) is 0.951. The fourth-order valence-corrected chi connectivity index (χ4v) is 6.35. The summed E-state index contributed by atoms with van der Waals surface area (Å²) >= 11 is 0. The number of nitrogens with zero attached hydrogens (tertiary/aromatic N) is 1. The van der Waals surface area contributed by atoms with Crippen molar-refractivity contribution in [1.29, 1.82) is 0 Å². The minimum absolute atomic E-state index is 0.000874. The number of esters is 2. The lowest BCUT2D eigenvalue weighted by Gasteiger charge is -2.21. The largest absolute Gasteiger partial charge is 0.463 e. The van der Waals surface area contributed by atoms with E-state index in [0.29, 0.717) is 19.4 Å². The summed E-state index contributed by atoms with van der Waals surface area (Å²) in [6.45, 7) is 10.0. The zero-order valence-electron chi connectivity index (χ0n) is 32.4. The van der Waals surface area contributed by atoms with Crippen molar-refractivity contribution < 1.29 is 28.9 Å². The fourth-order valence-electron chi connectivity index (χ4n) is 6.35. The number of aliphatic hydroxyl groups excluding tert-OH is 1. The van der Waals surface area contributed by atoms with E-state index in [4.69, 9.17) is 14.2 Å². The van der Waals surface area contributed by atoms with Crippen LogP contribution in [-0.2, 0) is 23.8 Å². The summed E-state index contributed by atoms with van der Waals surface area (Å²) in [7, 11) is 1.70. The van der Waals surface area contributed by atoms with Crippen molar-refractivity contribution in [2.75, 3.05) is 40.0 Å². The Kier molecular flexibility index (Phi) is 36.2. The van der Waals surface area contributed by atoms with E-state index in [1.165, 1.54) is 77.0 Å². The van der Waals surface area contributed by atoms with Crippen LogP contribution in [0.1, 0.15) is 201 Å². The van der Waals surface area contributed by atoms with Crippen LogP contribution in [0.2, 0.25) is 0 Å². The van der Waals surface area contributed by atoms with Gasteiger partial charge in [-0.15, -0.1) is 0 Å². The van der Waals surface area contributed by atoms with Crippen LogP contribution in [0.15, 0.2) is 0 Å². The van der Waals surface area contributed by atoms with E-state index in [9.17, 15) is 14.7 Å². The molecule has 0 radical (unpaired) electrons. The van der Waals surface area contributed by atoms with Crippen LogP contribution in [0.4, 0.5) is 0 Å². The number of ether oxygens (including phenoxy) is 3. The molecule has 0 heterocycles. The highest BCUT2D eigenvalue weighted by Crippen LogP contribution is 2.17. The number of hydrogen-bond acceptors (Lipinski definition) is 7. The molecule has 7 heteroatoms. The van der Waals surface area contributed by atoms with E-state index in [2.05, 4.69) is 25.7 Å². The first-order chi connectivity index (χ1) is 23.5. The van der Waals surface area contributed by atoms with Gasteiger partial charge < -0.3 is 24.2 Å². The van der Waals surface area contributed by atoms with E-state index >= 15 is 0 Å². The lowest BCUT2D eigenvalue weighted by atomic mass is 10.0. The quantitative estimate of drug-likeness (QED) is 0.0512. The summed E-state index contributed by atoms with van der Waals surface area (Å²) in [6.07, 6.45) is 30.9. The van der Waals surface area contributed by atoms with Gasteiger partial charge in [-0.25, -0.2) is 0 Å². The lowest BCUT2D eigenvalue weighted by Crippen LogP contribution is -2.29. The molecule has 0 aliphatic carbocycles. The van der Waals surface area contributed by atoms with E-state index in [1.807, 2.05) is 0 Å². The number of aliphatic hydroxyl groups is 1. The maximum absolute atomic E-state index is 12.5. The zero-order chi connectivity index (χ0) is 35.3. The first kappa shape index (κ1) is 46.8. The molecule has 0 bridgehead atoms. The van der Waals surface area contributed by atoms with Crippen molar-refractivity contribution in [2.45, 2.75) is 213 Å². The third kappa shape index (κ3) is 32.0. The Morgan fingerprint density at radius 3 is 1.44 bits per heavy atom. The first-order valence-electron chi connectivity index (χ1n) is 20.7. The Labute approximate surface area is 298 Å². The molecule has 1 N–H and O–H groups in total. The van der Waals surface area contributed by atoms with E-state index in [1.54, 1.807) is 7.11 Å². The van der Waals surface area contributed by atoms with E-state index in [-0.39, 0.29) is 30.8 Å². The minimum Gasteiger partial charge on any atom is -0.463 e. The lowest BCUT2D eigenvalue weighted by molar-refractivity contribution is -0.150. The molecule has 48 heavy (non-hydrogen) atoms. The van der Waals surface area contributed by atoms with Crippen LogP contribution in [0.3, 0.4) is 0 Å². The number of hydrogen-bond donors (Lipinski definition) is 1. The molecule has 0 saturated carbocycles. The van der Waals surface area contributed by atoms with Gasteiger partial charge in [-0.2, -0.15) is 0 Å². The van der Waals surface area contributed by atoms with Gasteiger partial charge in [-0.1, -0.05) is 130 Å². The molecule has 0 aromatic heterocycles. The molecule has 7 nitrogen and oxygen atoms in total. The maximum Gasteiger partial charge on any atom is 0.306 e. The monoisotopic (exact) mass is 684 g/mol. The normalized spacial score (nSPS) is 12.2. The number of carbonyl (C=O) groups is 2. The second-order valence-electron chi connectivity index (χ2n) is 14.2. The Bertz CT molecular complexity index is 678. The van der Waals surface area contributed by atoms with Gasteiger partial charge in [0, 0.05) is 26.5 Å². The number of unbranched alkanes of at least 4 members (excludes halogenated alkanes) is 18. The predicted octanol–water partition coefficient (Wildman–Crippen LogP) is 10.7. The standard InChI is InChI=1S/C41H81NO6/c1-5-8-11-16-23-30-39(46-4)37-47-40(44)31-24-17-14-19-26-33-42(35-36-43)34-27-20-15-18-25-32-41(45)48-38(28-21-12-9-6-2)29-22-13-10-7-3/h38-39,43H,5-37H2,1-4H3. The van der Waals surface area contributed by atoms with Gasteiger partial charge in [0.15, 0.2) is 0 Å². The predicted molar refractivity (Wildman–Crippen MR) is 201 cm³/mol. The number of rotatable bonds is 38. The van der Waals surface area contributed by atoms with Gasteiger partial charge >= 0.3 is 11.9 Å². The average molecular weight is 684 g/mol. The van der Waals surface area contributed by atoms with Crippen molar-refractivity contribution in [3.63, 3.8) is 0 Å². The van der Waals surface area contributed by atoms with Crippen molar-refractivity contribution >= 4 is 11.9 Å². The maximum atomic E-state index is 12.5. The molecular formula is C41H81NO6. The molecule has 286 valence electrons. The second-order valence-corrected chi connectivity index (χ2v) is 14.2. The summed E-state index contributed by atoms with van der Waals surface area (Å²) in [4.78, 5) is 27.1. The second kappa shape index (κ2) is 37.1. The van der Waals surface area contributed by atoms with Gasteiger partial charge in [0.25, 0.3) is 0 Å². The number of methoxy groups -OCH3 is 1. The molecule has 0 saturated heterocycles. The molecule has 0 aromatic carbocycles. The third-order valence-electron chi connectivity index (χ3n) is 9.58. The summed E-state index contributed by atoms with van der Waals surface area (Å²) in [5.74, 6) is -0.105. The Balaban J connectivity index is 3.93. The minimum atomic E-state index is -0.105. The highest BCUT2D eigenvalue weighted by atomic mass is 16.6. The smallest absolute Gasteiger partial charge is 0.306 e. The van der Waals surface area contributed by atoms with Crippen LogP contribution >= 0.6 is 0 Å². The first-order valence-corrected chi connectivity index (χ1v) is 20.7. The van der Waals surface area contributed by atoms with Crippen molar-refractivity contribution in [2.24, 2.45) is 0 Å². The number of carbonyl (C=O) groups excluding carboxylic acids is 2. The molecule has 0 aliphatic rings. The highest BCUT2D eigenvalue weighted by molar-refractivity contribution is 5.69. The van der Waals surface area contributed by atoms with Crippen LogP contribution in [0.5, 0.6) is 0 Å². The van der Waals surface area contributed by atoms with E-state index in [0.717, 1.165) is 110 Å². The van der Waals surface area contributed by atoms with Crippen LogP contribution in [-0.4, -0.2) is 74.1 Å². The summed E-state index contributed by atoms with van der Waals surface area (Å²) in [5.41, 5.74) is 0. The Hall–Kier alpha value is -1.18. The molecule has 0 amide bonds. The van der Waals surface area contributed by atoms with Crippen LogP contribution in [0.25, 0.3) is 0 Å². The van der Waals surface area contributed by atoms with Crippen molar-refractivity contribution in [1.82, 2.24) is 4.90 Å². The molecule has 0 spiro atoms. The molecule has 0 aromatic rings. The molecule has 0 fully saturated rings. The van der Waals surface area contributed by atoms with Gasteiger partial charge in [-0.05, 0) is 70.9 Å². The Morgan fingerprint density at radius 1 is 0.521 bits per heavy atom. The molecular weight excluding hydrogens is 602 g/mol. The van der Waals surface area contributed by atoms with Crippen molar-refractivity contribution in [3.05, 3.63) is 0 Å². The van der Waals surface area contributed by atoms with Gasteiger partial charge in [0.2, 0.25) is 0 Å². The van der Waals surface area contributed by atoms with Gasteiger partial charge in [0.1, 0.15) is 12.7 Å². The highest BCUT2D eigenvalue weighted by Gasteiger charge is 2.14. The topological polar surface area (TPSA) is 85.3 Å². The van der Waals surface area contributed by atoms with Gasteiger partial charge in [-0.3, -0.25) is 9.59 Å². The zero-order valence-corrected chi connectivity index (χ0v) is 32.4. The summed E-state index contributed by atoms with van der Waals surface area (Å²) < 4.78 is 16.9. The average Bonchev–Trinajstić information content (AvgIpc) is 3.08. The molecule has 0 rings (SSSR count). The van der Waals surface area contributed by atoms with Crippen LogP contribution in [0, 0.1) is 0 Å². The summed E-state index contributed by atoms with van der Waals surface area (Å²) in [6, 6.07) is 0.